The summed E-state index contributed by atoms with van der Waals surface area (Å²) in [6.07, 6.45) is 1.08. The number of likely N-dealkylation sites (tertiary alicyclic amines) is 1. The predicted molar refractivity (Wildman–Crippen MR) is 107 cm³/mol. The summed E-state index contributed by atoms with van der Waals surface area (Å²) in [5.74, 6) is 0.0802. The number of nitrogens with zero attached hydrogens (tertiary/aromatic N) is 2. The minimum Gasteiger partial charge on any atom is -0.338 e. The molecule has 3 aliphatic rings. The minimum absolute atomic E-state index is 0.0802. The van der Waals surface area contributed by atoms with Crippen molar-refractivity contribution in [3.05, 3.63) is 65.2 Å². The Labute approximate surface area is 164 Å². The van der Waals surface area contributed by atoms with Gasteiger partial charge in [-0.15, -0.1) is 0 Å². The molecular weight excluding hydrogens is 352 g/mol. The van der Waals surface area contributed by atoms with Gasteiger partial charge >= 0.3 is 6.03 Å². The topological polar surface area (TPSA) is 64.7 Å². The second-order valence-corrected chi connectivity index (χ2v) is 8.21. The summed E-state index contributed by atoms with van der Waals surface area (Å²) in [4.78, 5) is 29.1. The molecular formula is C22H24N4O2. The van der Waals surface area contributed by atoms with Crippen LogP contribution in [0, 0.1) is 5.41 Å². The molecule has 3 aliphatic heterocycles. The minimum atomic E-state index is -0.116. The Bertz CT molecular complexity index is 895. The fraction of sp³-hybridized carbons (Fsp3) is 0.364. The number of carbonyl (C=O) groups is 2. The van der Waals surface area contributed by atoms with E-state index in [1.54, 1.807) is 17.0 Å². The van der Waals surface area contributed by atoms with Crippen molar-refractivity contribution in [1.29, 1.82) is 0 Å². The summed E-state index contributed by atoms with van der Waals surface area (Å²) >= 11 is 0. The quantitative estimate of drug-likeness (QED) is 0.847. The van der Waals surface area contributed by atoms with Crippen molar-refractivity contribution in [3.8, 4) is 0 Å². The zero-order chi connectivity index (χ0) is 19.1. The van der Waals surface area contributed by atoms with Crippen molar-refractivity contribution in [2.75, 3.05) is 31.5 Å². The second kappa shape index (κ2) is 6.63. The molecule has 2 fully saturated rings. The monoisotopic (exact) mass is 376 g/mol. The van der Waals surface area contributed by atoms with Crippen LogP contribution in [0.1, 0.15) is 27.9 Å². The number of fused-ring (bicyclic) bond motifs is 1. The van der Waals surface area contributed by atoms with Crippen LogP contribution in [0.2, 0.25) is 0 Å². The first kappa shape index (κ1) is 17.3. The molecule has 0 aromatic heterocycles. The normalized spacial score (nSPS) is 19.4. The van der Waals surface area contributed by atoms with E-state index in [0.717, 1.165) is 32.6 Å². The number of amides is 3. The summed E-state index contributed by atoms with van der Waals surface area (Å²) in [7, 11) is 0. The first-order chi connectivity index (χ1) is 13.6. The van der Waals surface area contributed by atoms with Gasteiger partial charge in [-0.05, 0) is 41.8 Å². The van der Waals surface area contributed by atoms with E-state index in [1.165, 1.54) is 11.1 Å². The lowest BCUT2D eigenvalue weighted by molar-refractivity contribution is 0.0752. The first-order valence-electron chi connectivity index (χ1n) is 9.85. The standard InChI is InChI=1S/C22H24N4O2/c27-20(25-10-9-22(15-25)13-23-14-22)16-5-7-19(8-6-16)24-21(28)26-11-17-3-1-2-4-18(17)12-26/h1-8,23H,9-15H2,(H,24,28). The summed E-state index contributed by atoms with van der Waals surface area (Å²) in [6.45, 7) is 4.96. The third kappa shape index (κ3) is 3.03. The lowest BCUT2D eigenvalue weighted by atomic mass is 9.81. The van der Waals surface area contributed by atoms with E-state index in [4.69, 9.17) is 0 Å². The molecule has 0 radical (unpaired) electrons. The zero-order valence-electron chi connectivity index (χ0n) is 15.8. The number of nitrogens with one attached hydrogen (secondary N) is 2. The fourth-order valence-corrected chi connectivity index (χ4v) is 4.43. The molecule has 6 heteroatoms. The fourth-order valence-electron chi connectivity index (χ4n) is 4.43. The van der Waals surface area contributed by atoms with Crippen LogP contribution in [0.4, 0.5) is 10.5 Å². The van der Waals surface area contributed by atoms with Gasteiger partial charge in [0, 0.05) is 55.9 Å². The average molecular weight is 376 g/mol. The average Bonchev–Trinajstić information content (AvgIpc) is 3.33. The van der Waals surface area contributed by atoms with Gasteiger partial charge in [-0.2, -0.15) is 0 Å². The molecule has 0 bridgehead atoms. The Hall–Kier alpha value is -2.86. The second-order valence-electron chi connectivity index (χ2n) is 8.21. The van der Waals surface area contributed by atoms with Gasteiger partial charge in [0.25, 0.3) is 5.91 Å². The molecule has 0 aliphatic carbocycles. The Kier molecular flexibility index (Phi) is 4.09. The van der Waals surface area contributed by atoms with Gasteiger partial charge in [-0.1, -0.05) is 24.3 Å². The zero-order valence-corrected chi connectivity index (χ0v) is 15.8. The number of hydrogen-bond donors (Lipinski definition) is 2. The van der Waals surface area contributed by atoms with Crippen molar-refractivity contribution in [3.63, 3.8) is 0 Å². The maximum absolute atomic E-state index is 12.8. The van der Waals surface area contributed by atoms with Gasteiger partial charge in [0.15, 0.2) is 0 Å². The maximum atomic E-state index is 12.8. The van der Waals surface area contributed by atoms with Gasteiger partial charge in [-0.3, -0.25) is 4.79 Å². The van der Waals surface area contributed by atoms with E-state index >= 15 is 0 Å². The van der Waals surface area contributed by atoms with Crippen molar-refractivity contribution < 1.29 is 9.59 Å². The number of anilines is 1. The van der Waals surface area contributed by atoms with Crippen LogP contribution in [-0.4, -0.2) is 47.9 Å². The number of hydrogen-bond acceptors (Lipinski definition) is 3. The van der Waals surface area contributed by atoms with Gasteiger partial charge < -0.3 is 20.4 Å². The molecule has 0 saturated carbocycles. The predicted octanol–water partition coefficient (Wildman–Crippen LogP) is 2.67. The van der Waals surface area contributed by atoms with Gasteiger partial charge in [0.05, 0.1) is 0 Å². The lowest BCUT2D eigenvalue weighted by Gasteiger charge is -2.39. The molecule has 0 unspecified atom stereocenters. The molecule has 3 heterocycles. The van der Waals surface area contributed by atoms with E-state index in [2.05, 4.69) is 22.8 Å². The largest absolute Gasteiger partial charge is 0.338 e. The number of rotatable bonds is 2. The molecule has 6 nitrogen and oxygen atoms in total. The van der Waals surface area contributed by atoms with Crippen LogP contribution in [0.5, 0.6) is 0 Å². The molecule has 2 N–H and O–H groups in total. The van der Waals surface area contributed by atoms with E-state index in [9.17, 15) is 9.59 Å². The van der Waals surface area contributed by atoms with E-state index in [0.29, 0.717) is 29.8 Å². The van der Waals surface area contributed by atoms with Gasteiger partial charge in [-0.25, -0.2) is 4.79 Å². The van der Waals surface area contributed by atoms with Gasteiger partial charge in [0.2, 0.25) is 0 Å². The van der Waals surface area contributed by atoms with E-state index in [1.807, 2.05) is 29.2 Å². The molecule has 3 amide bonds. The Morgan fingerprint density at radius 1 is 0.929 bits per heavy atom. The van der Waals surface area contributed by atoms with Crippen molar-refractivity contribution >= 4 is 17.6 Å². The van der Waals surface area contributed by atoms with E-state index < -0.39 is 0 Å². The molecule has 28 heavy (non-hydrogen) atoms. The summed E-state index contributed by atoms with van der Waals surface area (Å²) in [6, 6.07) is 15.2. The lowest BCUT2D eigenvalue weighted by Crippen LogP contribution is -2.55. The summed E-state index contributed by atoms with van der Waals surface area (Å²) < 4.78 is 0. The van der Waals surface area contributed by atoms with Gasteiger partial charge in [0.1, 0.15) is 0 Å². The Morgan fingerprint density at radius 3 is 2.18 bits per heavy atom. The smallest absolute Gasteiger partial charge is 0.322 e. The number of urea groups is 1. The highest BCUT2D eigenvalue weighted by atomic mass is 16.2. The molecule has 0 atom stereocenters. The molecule has 2 saturated heterocycles. The number of carbonyl (C=O) groups excluding carboxylic acids is 2. The highest BCUT2D eigenvalue weighted by Crippen LogP contribution is 2.34. The summed E-state index contributed by atoms with van der Waals surface area (Å²) in [5, 5.41) is 6.26. The maximum Gasteiger partial charge on any atom is 0.322 e. The van der Waals surface area contributed by atoms with Crippen LogP contribution in [0.15, 0.2) is 48.5 Å². The highest BCUT2D eigenvalue weighted by molar-refractivity contribution is 5.96. The van der Waals surface area contributed by atoms with Crippen LogP contribution in [0.3, 0.4) is 0 Å². The van der Waals surface area contributed by atoms with Crippen LogP contribution < -0.4 is 10.6 Å². The van der Waals surface area contributed by atoms with Crippen LogP contribution in [0.25, 0.3) is 0 Å². The SMILES string of the molecule is O=C(Nc1ccc(C(=O)N2CCC3(CNC3)C2)cc1)N1Cc2ccccc2C1. The van der Waals surface area contributed by atoms with Crippen LogP contribution >= 0.6 is 0 Å². The third-order valence-electron chi connectivity index (χ3n) is 6.24. The Balaban J connectivity index is 1.20. The molecule has 2 aromatic rings. The number of benzene rings is 2. The van der Waals surface area contributed by atoms with Crippen molar-refractivity contribution in [2.45, 2.75) is 19.5 Å². The molecule has 144 valence electrons. The molecule has 5 rings (SSSR count). The van der Waals surface area contributed by atoms with E-state index in [-0.39, 0.29) is 11.9 Å². The van der Waals surface area contributed by atoms with Crippen molar-refractivity contribution in [2.24, 2.45) is 5.41 Å². The van der Waals surface area contributed by atoms with Crippen LogP contribution in [-0.2, 0) is 13.1 Å². The summed E-state index contributed by atoms with van der Waals surface area (Å²) in [5.41, 5.74) is 4.08. The molecule has 1 spiro atoms. The highest BCUT2D eigenvalue weighted by Gasteiger charge is 2.44. The molecule has 2 aromatic carbocycles. The first-order valence-corrected chi connectivity index (χ1v) is 9.85. The Morgan fingerprint density at radius 2 is 1.61 bits per heavy atom. The van der Waals surface area contributed by atoms with Crippen molar-refractivity contribution in [1.82, 2.24) is 15.1 Å². The third-order valence-corrected chi connectivity index (χ3v) is 6.24.